The van der Waals surface area contributed by atoms with Crippen LogP contribution in [0.25, 0.3) is 10.9 Å². The maximum Gasteiger partial charge on any atom is 0.227 e. The lowest BCUT2D eigenvalue weighted by molar-refractivity contribution is -0.130. The molecular formula is C27H30N6O2. The van der Waals surface area contributed by atoms with Gasteiger partial charge in [-0.05, 0) is 42.8 Å². The fourth-order valence-electron chi connectivity index (χ4n) is 4.58. The number of rotatable bonds is 6. The second kappa shape index (κ2) is 9.66. The van der Waals surface area contributed by atoms with Crippen LogP contribution in [0.4, 0.5) is 17.5 Å². The average Bonchev–Trinajstić information content (AvgIpc) is 3.19. The highest BCUT2D eigenvalue weighted by Crippen LogP contribution is 2.23. The van der Waals surface area contributed by atoms with Gasteiger partial charge in [-0.15, -0.1) is 0 Å². The predicted octanol–water partition coefficient (Wildman–Crippen LogP) is 3.92. The highest BCUT2D eigenvalue weighted by atomic mass is 16.5. The maximum atomic E-state index is 13.1. The third kappa shape index (κ3) is 4.91. The number of aryl methyl sites for hydroxylation is 2. The third-order valence-electron chi connectivity index (χ3n) is 6.44. The van der Waals surface area contributed by atoms with Crippen LogP contribution in [0, 0.1) is 6.92 Å². The van der Waals surface area contributed by atoms with Gasteiger partial charge in [-0.25, -0.2) is 4.98 Å². The summed E-state index contributed by atoms with van der Waals surface area (Å²) < 4.78 is 7.31. The number of anilines is 3. The summed E-state index contributed by atoms with van der Waals surface area (Å²) in [6.07, 6.45) is 2.48. The van der Waals surface area contributed by atoms with Gasteiger partial charge in [-0.1, -0.05) is 18.2 Å². The van der Waals surface area contributed by atoms with E-state index < -0.39 is 0 Å². The normalized spacial score (nSPS) is 13.8. The largest absolute Gasteiger partial charge is 0.497 e. The van der Waals surface area contributed by atoms with Crippen molar-refractivity contribution in [1.29, 1.82) is 0 Å². The number of fused-ring (bicyclic) bond motifs is 1. The van der Waals surface area contributed by atoms with Gasteiger partial charge >= 0.3 is 0 Å². The van der Waals surface area contributed by atoms with Crippen LogP contribution in [-0.4, -0.2) is 58.6 Å². The first-order valence-corrected chi connectivity index (χ1v) is 11.8. The van der Waals surface area contributed by atoms with E-state index in [0.717, 1.165) is 39.4 Å². The second-order valence-corrected chi connectivity index (χ2v) is 8.88. The Bertz CT molecular complexity index is 1340. The number of nitrogens with one attached hydrogen (secondary N) is 1. The number of nitrogens with zero attached hydrogens (tertiary/aromatic N) is 5. The Balaban J connectivity index is 1.23. The van der Waals surface area contributed by atoms with Gasteiger partial charge in [0, 0.05) is 67.8 Å². The Hall–Kier alpha value is -4.07. The first-order valence-electron chi connectivity index (χ1n) is 11.8. The molecule has 1 aliphatic heterocycles. The van der Waals surface area contributed by atoms with E-state index in [1.54, 1.807) is 7.11 Å². The molecular weight excluding hydrogens is 440 g/mol. The molecule has 1 N–H and O–H groups in total. The van der Waals surface area contributed by atoms with E-state index >= 15 is 0 Å². The molecule has 0 aliphatic carbocycles. The van der Waals surface area contributed by atoms with Crippen LogP contribution < -0.4 is 15.0 Å². The molecule has 2 aromatic heterocycles. The number of carbonyl (C=O) groups excluding carboxylic acids is 1. The van der Waals surface area contributed by atoms with Crippen LogP contribution in [0.1, 0.15) is 11.3 Å². The van der Waals surface area contributed by atoms with Gasteiger partial charge in [0.2, 0.25) is 11.9 Å². The quantitative estimate of drug-likeness (QED) is 0.460. The summed E-state index contributed by atoms with van der Waals surface area (Å²) in [6.45, 7) is 4.68. The summed E-state index contributed by atoms with van der Waals surface area (Å²) in [5.74, 6) is 2.39. The average molecular weight is 471 g/mol. The lowest BCUT2D eigenvalue weighted by atomic mass is 10.1. The monoisotopic (exact) mass is 470 g/mol. The highest BCUT2D eigenvalue weighted by Gasteiger charge is 2.24. The molecule has 0 bridgehead atoms. The Morgan fingerprint density at radius 1 is 1.03 bits per heavy atom. The van der Waals surface area contributed by atoms with E-state index in [9.17, 15) is 4.79 Å². The molecule has 0 saturated carbocycles. The summed E-state index contributed by atoms with van der Waals surface area (Å²) in [4.78, 5) is 26.6. The standard InChI is InChI=1S/C27H30N6O2/c1-19-16-25(29-21-8-10-22(35-3)11-9-21)30-27(28-19)33-14-12-32(13-15-33)26(34)17-20-18-31(2)24-7-5-4-6-23(20)24/h4-11,16,18H,12-15,17H2,1-3H3,(H,28,29,30). The number of ether oxygens (including phenoxy) is 1. The Morgan fingerprint density at radius 2 is 1.77 bits per heavy atom. The molecule has 1 fully saturated rings. The zero-order valence-electron chi connectivity index (χ0n) is 20.4. The summed E-state index contributed by atoms with van der Waals surface area (Å²) >= 11 is 0. The van der Waals surface area contributed by atoms with Crippen molar-refractivity contribution < 1.29 is 9.53 Å². The smallest absolute Gasteiger partial charge is 0.227 e. The highest BCUT2D eigenvalue weighted by molar-refractivity contribution is 5.89. The van der Waals surface area contributed by atoms with Gasteiger partial charge < -0.3 is 24.4 Å². The van der Waals surface area contributed by atoms with Crippen LogP contribution in [0.15, 0.2) is 60.8 Å². The SMILES string of the molecule is COc1ccc(Nc2cc(C)nc(N3CCN(C(=O)Cc4cn(C)c5ccccc45)CC3)n2)cc1. The number of amides is 1. The molecule has 4 aromatic rings. The zero-order chi connectivity index (χ0) is 24.4. The molecule has 0 spiro atoms. The lowest BCUT2D eigenvalue weighted by Crippen LogP contribution is -2.49. The molecule has 1 amide bonds. The number of hydrogen-bond donors (Lipinski definition) is 1. The number of aromatic nitrogens is 3. The van der Waals surface area contributed by atoms with Crippen LogP contribution in [0.2, 0.25) is 0 Å². The molecule has 2 aromatic carbocycles. The van der Waals surface area contributed by atoms with Crippen molar-refractivity contribution in [2.45, 2.75) is 13.3 Å². The van der Waals surface area contributed by atoms with Crippen molar-refractivity contribution >= 4 is 34.3 Å². The summed E-state index contributed by atoms with van der Waals surface area (Å²) in [6, 6.07) is 17.9. The van der Waals surface area contributed by atoms with E-state index in [2.05, 4.69) is 38.1 Å². The van der Waals surface area contributed by atoms with Crippen LogP contribution in [-0.2, 0) is 18.3 Å². The maximum absolute atomic E-state index is 13.1. The van der Waals surface area contributed by atoms with Gasteiger partial charge in [0.15, 0.2) is 0 Å². The topological polar surface area (TPSA) is 75.5 Å². The van der Waals surface area contributed by atoms with Crippen molar-refractivity contribution in [3.05, 3.63) is 72.1 Å². The Kier molecular flexibility index (Phi) is 6.27. The van der Waals surface area contributed by atoms with Crippen LogP contribution in [0.3, 0.4) is 0 Å². The zero-order valence-corrected chi connectivity index (χ0v) is 20.4. The molecule has 0 unspecified atom stereocenters. The lowest BCUT2D eigenvalue weighted by Gasteiger charge is -2.35. The molecule has 35 heavy (non-hydrogen) atoms. The van der Waals surface area contributed by atoms with Crippen molar-refractivity contribution in [2.75, 3.05) is 43.5 Å². The van der Waals surface area contributed by atoms with Gasteiger partial charge in [0.1, 0.15) is 11.6 Å². The summed E-state index contributed by atoms with van der Waals surface area (Å²) in [5, 5.41) is 4.49. The molecule has 180 valence electrons. The first-order chi connectivity index (χ1) is 17.0. The third-order valence-corrected chi connectivity index (χ3v) is 6.44. The number of carbonyl (C=O) groups is 1. The van der Waals surface area contributed by atoms with Crippen LogP contribution >= 0.6 is 0 Å². The first kappa shape index (κ1) is 22.7. The summed E-state index contributed by atoms with van der Waals surface area (Å²) in [5.41, 5.74) is 4.04. The van der Waals surface area contributed by atoms with E-state index in [0.29, 0.717) is 38.5 Å². The fraction of sp³-hybridized carbons (Fsp3) is 0.296. The van der Waals surface area contributed by atoms with Gasteiger partial charge in [0.05, 0.1) is 13.5 Å². The van der Waals surface area contributed by atoms with Gasteiger partial charge in [0.25, 0.3) is 0 Å². The van der Waals surface area contributed by atoms with Crippen molar-refractivity contribution in [2.24, 2.45) is 7.05 Å². The summed E-state index contributed by atoms with van der Waals surface area (Å²) in [7, 11) is 3.67. The minimum atomic E-state index is 0.160. The minimum absolute atomic E-state index is 0.160. The Labute approximate surface area is 205 Å². The molecule has 1 aliphatic rings. The Morgan fingerprint density at radius 3 is 2.51 bits per heavy atom. The van der Waals surface area contributed by atoms with E-state index in [-0.39, 0.29) is 5.91 Å². The van der Waals surface area contributed by atoms with Gasteiger partial charge in [-0.2, -0.15) is 4.98 Å². The van der Waals surface area contributed by atoms with Crippen molar-refractivity contribution in [3.8, 4) is 5.75 Å². The number of para-hydroxylation sites is 1. The second-order valence-electron chi connectivity index (χ2n) is 8.88. The minimum Gasteiger partial charge on any atom is -0.497 e. The number of hydrogen-bond acceptors (Lipinski definition) is 6. The van der Waals surface area contributed by atoms with Crippen LogP contribution in [0.5, 0.6) is 5.75 Å². The molecule has 0 radical (unpaired) electrons. The predicted molar refractivity (Wildman–Crippen MR) is 138 cm³/mol. The molecule has 8 heteroatoms. The van der Waals surface area contributed by atoms with Crippen molar-refractivity contribution in [3.63, 3.8) is 0 Å². The molecule has 5 rings (SSSR count). The number of piperazine rings is 1. The van der Waals surface area contributed by atoms with Crippen molar-refractivity contribution in [1.82, 2.24) is 19.4 Å². The molecule has 1 saturated heterocycles. The number of benzene rings is 2. The number of methoxy groups -OCH3 is 1. The van der Waals surface area contributed by atoms with E-state index in [1.165, 1.54) is 0 Å². The van der Waals surface area contributed by atoms with E-state index in [1.807, 2.05) is 61.3 Å². The van der Waals surface area contributed by atoms with Gasteiger partial charge in [-0.3, -0.25) is 4.79 Å². The fourth-order valence-corrected chi connectivity index (χ4v) is 4.58. The molecule has 8 nitrogen and oxygen atoms in total. The van der Waals surface area contributed by atoms with E-state index in [4.69, 9.17) is 9.72 Å². The molecule has 3 heterocycles. The molecule has 0 atom stereocenters.